The molecule has 0 aliphatic carbocycles. The molecule has 3 nitrogen and oxygen atoms in total. The second-order valence-electron chi connectivity index (χ2n) is 5.60. The number of phenolic OH excluding ortho intramolecular Hbond substituents is 1. The third-order valence-corrected chi connectivity index (χ3v) is 2.83. The molecule has 1 rings (SSSR count). The summed E-state index contributed by atoms with van der Waals surface area (Å²) in [6.45, 7) is 8.71. The second-order valence-corrected chi connectivity index (χ2v) is 5.60. The second kappa shape index (κ2) is 7.39. The van der Waals surface area contributed by atoms with E-state index in [9.17, 15) is 5.11 Å². The van der Waals surface area contributed by atoms with Gasteiger partial charge in [-0.25, -0.2) is 0 Å². The molecule has 102 valence electrons. The Labute approximate surface area is 111 Å². The van der Waals surface area contributed by atoms with Crippen LogP contribution in [0, 0.1) is 5.92 Å². The van der Waals surface area contributed by atoms with Gasteiger partial charge in [0.2, 0.25) is 0 Å². The molecule has 1 aromatic rings. The average Bonchev–Trinajstić information content (AvgIpc) is 2.28. The van der Waals surface area contributed by atoms with Crippen molar-refractivity contribution >= 4 is 0 Å². The number of rotatable bonds is 7. The summed E-state index contributed by atoms with van der Waals surface area (Å²) >= 11 is 0. The van der Waals surface area contributed by atoms with Crippen LogP contribution >= 0.6 is 0 Å². The zero-order chi connectivity index (χ0) is 13.5. The minimum absolute atomic E-state index is 0.336. The molecule has 0 aliphatic heterocycles. The summed E-state index contributed by atoms with van der Waals surface area (Å²) in [5.41, 5.74) is 1.26. The van der Waals surface area contributed by atoms with Gasteiger partial charge in [-0.2, -0.15) is 0 Å². The maximum atomic E-state index is 9.29. The maximum absolute atomic E-state index is 9.29. The zero-order valence-electron chi connectivity index (χ0n) is 12.1. The van der Waals surface area contributed by atoms with Gasteiger partial charge < -0.3 is 10.0 Å². The minimum Gasteiger partial charge on any atom is -0.508 e. The van der Waals surface area contributed by atoms with Crippen LogP contribution in [-0.4, -0.2) is 48.6 Å². The molecule has 0 spiro atoms. The van der Waals surface area contributed by atoms with Gasteiger partial charge in [-0.3, -0.25) is 4.90 Å². The van der Waals surface area contributed by atoms with E-state index in [0.717, 1.165) is 26.2 Å². The van der Waals surface area contributed by atoms with Gasteiger partial charge in [0.15, 0.2) is 0 Å². The Kier molecular flexibility index (Phi) is 6.16. The van der Waals surface area contributed by atoms with E-state index < -0.39 is 0 Å². The van der Waals surface area contributed by atoms with Crippen molar-refractivity contribution in [1.29, 1.82) is 0 Å². The van der Waals surface area contributed by atoms with Crippen molar-refractivity contribution in [1.82, 2.24) is 9.80 Å². The van der Waals surface area contributed by atoms with Crippen molar-refractivity contribution in [3.8, 4) is 5.75 Å². The van der Waals surface area contributed by atoms with Gasteiger partial charge >= 0.3 is 0 Å². The van der Waals surface area contributed by atoms with Gasteiger partial charge in [-0.15, -0.1) is 0 Å². The average molecular weight is 250 g/mol. The predicted molar refractivity (Wildman–Crippen MR) is 76.8 cm³/mol. The first-order valence-corrected chi connectivity index (χ1v) is 6.62. The van der Waals surface area contributed by atoms with Gasteiger partial charge in [0.05, 0.1) is 0 Å². The lowest BCUT2D eigenvalue weighted by atomic mass is 10.1. The standard InChI is InChI=1S/C15H26N2O/c1-13(2)11-17(10-9-16(3)4)12-14-5-7-15(18)8-6-14/h5-8,13,18H,9-12H2,1-4H3. The molecular formula is C15H26N2O. The molecule has 0 radical (unpaired) electrons. The number of aromatic hydroxyl groups is 1. The van der Waals surface area contributed by atoms with Crippen LogP contribution < -0.4 is 0 Å². The Morgan fingerprint density at radius 3 is 2.17 bits per heavy atom. The van der Waals surface area contributed by atoms with Crippen molar-refractivity contribution in [3.05, 3.63) is 29.8 Å². The Morgan fingerprint density at radius 1 is 1.06 bits per heavy atom. The molecule has 0 saturated heterocycles. The van der Waals surface area contributed by atoms with Crippen LogP contribution in [0.5, 0.6) is 5.75 Å². The quantitative estimate of drug-likeness (QED) is 0.805. The van der Waals surface area contributed by atoms with E-state index in [4.69, 9.17) is 0 Å². The molecule has 0 saturated carbocycles. The number of phenols is 1. The van der Waals surface area contributed by atoms with Crippen LogP contribution in [0.3, 0.4) is 0 Å². The molecule has 0 aromatic heterocycles. The van der Waals surface area contributed by atoms with Gasteiger partial charge in [-0.05, 0) is 37.7 Å². The fraction of sp³-hybridized carbons (Fsp3) is 0.600. The monoisotopic (exact) mass is 250 g/mol. The van der Waals surface area contributed by atoms with Crippen molar-refractivity contribution in [3.63, 3.8) is 0 Å². The summed E-state index contributed by atoms with van der Waals surface area (Å²) in [6.07, 6.45) is 0. The lowest BCUT2D eigenvalue weighted by Gasteiger charge is -2.25. The maximum Gasteiger partial charge on any atom is 0.115 e. The number of hydrogen-bond acceptors (Lipinski definition) is 3. The van der Waals surface area contributed by atoms with Gasteiger partial charge in [0.1, 0.15) is 5.75 Å². The van der Waals surface area contributed by atoms with Gasteiger partial charge in [0, 0.05) is 26.2 Å². The predicted octanol–water partition coefficient (Wildman–Crippen LogP) is 2.41. The highest BCUT2D eigenvalue weighted by atomic mass is 16.3. The van der Waals surface area contributed by atoms with E-state index >= 15 is 0 Å². The lowest BCUT2D eigenvalue weighted by molar-refractivity contribution is 0.211. The molecule has 0 aliphatic rings. The number of likely N-dealkylation sites (N-methyl/N-ethyl adjacent to an activating group) is 1. The summed E-state index contributed by atoms with van der Waals surface area (Å²) in [5, 5.41) is 9.29. The first-order valence-electron chi connectivity index (χ1n) is 6.62. The van der Waals surface area contributed by atoms with Crippen molar-refractivity contribution < 1.29 is 5.11 Å². The van der Waals surface area contributed by atoms with E-state index in [2.05, 4.69) is 37.7 Å². The fourth-order valence-corrected chi connectivity index (χ4v) is 1.95. The van der Waals surface area contributed by atoms with Crippen LogP contribution in [0.25, 0.3) is 0 Å². The minimum atomic E-state index is 0.336. The third kappa shape index (κ3) is 6.03. The molecule has 0 bridgehead atoms. The molecule has 0 fully saturated rings. The molecule has 0 heterocycles. The Hall–Kier alpha value is -1.06. The van der Waals surface area contributed by atoms with Crippen LogP contribution in [-0.2, 0) is 6.54 Å². The van der Waals surface area contributed by atoms with Crippen LogP contribution in [0.2, 0.25) is 0 Å². The Bertz CT molecular complexity index is 333. The molecule has 0 unspecified atom stereocenters. The highest BCUT2D eigenvalue weighted by molar-refractivity contribution is 5.25. The lowest BCUT2D eigenvalue weighted by Crippen LogP contribution is -2.33. The Morgan fingerprint density at radius 2 is 1.67 bits per heavy atom. The molecule has 1 N–H and O–H groups in total. The molecule has 18 heavy (non-hydrogen) atoms. The normalized spacial score (nSPS) is 11.7. The molecule has 0 amide bonds. The van der Waals surface area contributed by atoms with Crippen LogP contribution in [0.1, 0.15) is 19.4 Å². The molecular weight excluding hydrogens is 224 g/mol. The SMILES string of the molecule is CC(C)CN(CCN(C)C)Cc1ccc(O)cc1. The largest absolute Gasteiger partial charge is 0.508 e. The smallest absolute Gasteiger partial charge is 0.115 e. The van der Waals surface area contributed by atoms with E-state index in [-0.39, 0.29) is 0 Å². The highest BCUT2D eigenvalue weighted by Gasteiger charge is 2.08. The van der Waals surface area contributed by atoms with E-state index in [1.54, 1.807) is 12.1 Å². The summed E-state index contributed by atoms with van der Waals surface area (Å²) in [6, 6.07) is 7.51. The van der Waals surface area contributed by atoms with E-state index in [0.29, 0.717) is 11.7 Å². The first-order chi connectivity index (χ1) is 8.47. The van der Waals surface area contributed by atoms with E-state index in [1.807, 2.05) is 12.1 Å². The molecule has 0 atom stereocenters. The van der Waals surface area contributed by atoms with Crippen LogP contribution in [0.15, 0.2) is 24.3 Å². The Balaban J connectivity index is 2.56. The van der Waals surface area contributed by atoms with Gasteiger partial charge in [-0.1, -0.05) is 26.0 Å². The highest BCUT2D eigenvalue weighted by Crippen LogP contribution is 2.12. The summed E-state index contributed by atoms with van der Waals surface area (Å²) in [4.78, 5) is 4.68. The number of nitrogens with zero attached hydrogens (tertiary/aromatic N) is 2. The summed E-state index contributed by atoms with van der Waals surface area (Å²) in [5.74, 6) is 1.01. The van der Waals surface area contributed by atoms with Crippen molar-refractivity contribution in [2.75, 3.05) is 33.7 Å². The van der Waals surface area contributed by atoms with Crippen LogP contribution in [0.4, 0.5) is 0 Å². The fourth-order valence-electron chi connectivity index (χ4n) is 1.95. The number of hydrogen-bond donors (Lipinski definition) is 1. The summed E-state index contributed by atoms with van der Waals surface area (Å²) < 4.78 is 0. The first kappa shape index (κ1) is 15.0. The molecule has 1 aromatic carbocycles. The third-order valence-electron chi connectivity index (χ3n) is 2.83. The zero-order valence-corrected chi connectivity index (χ0v) is 12.1. The number of benzene rings is 1. The van der Waals surface area contributed by atoms with E-state index in [1.165, 1.54) is 5.56 Å². The molecule has 3 heteroatoms. The van der Waals surface area contributed by atoms with Gasteiger partial charge in [0.25, 0.3) is 0 Å². The van der Waals surface area contributed by atoms with Crippen molar-refractivity contribution in [2.45, 2.75) is 20.4 Å². The topological polar surface area (TPSA) is 26.7 Å². The summed E-state index contributed by atoms with van der Waals surface area (Å²) in [7, 11) is 4.21. The van der Waals surface area contributed by atoms with Crippen molar-refractivity contribution in [2.24, 2.45) is 5.92 Å².